The number of hydroxylamine groups is 1. The van der Waals surface area contributed by atoms with Gasteiger partial charge in [-0.25, -0.2) is 13.9 Å². The van der Waals surface area contributed by atoms with E-state index in [1.54, 1.807) is 78.3 Å². The molecule has 0 radical (unpaired) electrons. The van der Waals surface area contributed by atoms with Crippen molar-refractivity contribution in [1.29, 1.82) is 0 Å². The molecule has 0 saturated heterocycles. The van der Waals surface area contributed by atoms with Crippen LogP contribution in [-0.2, 0) is 20.6 Å². The molecule has 28 heavy (non-hydrogen) atoms. The number of carbonyl (C=O) groups excluding carboxylic acids is 1. The van der Waals surface area contributed by atoms with Gasteiger partial charge in [0.2, 0.25) is 10.0 Å². The van der Waals surface area contributed by atoms with Gasteiger partial charge in [-0.1, -0.05) is 72.8 Å². The van der Waals surface area contributed by atoms with Gasteiger partial charge in [-0.2, -0.15) is 0 Å². The van der Waals surface area contributed by atoms with Crippen LogP contribution < -0.4 is 10.2 Å². The van der Waals surface area contributed by atoms with Crippen molar-refractivity contribution in [2.24, 2.45) is 0 Å². The molecular formula is C21H20N2O4S. The minimum Gasteiger partial charge on any atom is -0.289 e. The Kier molecular flexibility index (Phi) is 6.08. The first-order chi connectivity index (χ1) is 13.5. The van der Waals surface area contributed by atoms with E-state index in [0.717, 1.165) is 0 Å². The number of hydrogen-bond donors (Lipinski definition) is 3. The smallest absolute Gasteiger partial charge is 0.255 e. The lowest BCUT2D eigenvalue weighted by molar-refractivity contribution is -0.129. The van der Waals surface area contributed by atoms with Gasteiger partial charge in [-0.3, -0.25) is 14.7 Å². The molecule has 6 nitrogen and oxygen atoms in total. The highest BCUT2D eigenvalue weighted by molar-refractivity contribution is 7.91. The molecular weight excluding hydrogens is 376 g/mol. The molecule has 0 bridgehead atoms. The Hall–Kier alpha value is -3.16. The Balaban J connectivity index is 1.79. The van der Waals surface area contributed by atoms with Gasteiger partial charge >= 0.3 is 0 Å². The lowest BCUT2D eigenvalue weighted by atomic mass is 9.90. The quantitative estimate of drug-likeness (QED) is 0.422. The Bertz CT molecular complexity index is 1020. The Morgan fingerprint density at radius 1 is 0.821 bits per heavy atom. The minimum absolute atomic E-state index is 0.130. The zero-order chi connectivity index (χ0) is 20.0. The third-order valence-electron chi connectivity index (χ3n) is 4.22. The molecule has 3 aromatic rings. The van der Waals surface area contributed by atoms with Crippen LogP contribution in [0.5, 0.6) is 0 Å². The van der Waals surface area contributed by atoms with Crippen LogP contribution in [0.4, 0.5) is 5.69 Å². The average molecular weight is 396 g/mol. The maximum atomic E-state index is 12.4. The fourth-order valence-corrected chi connectivity index (χ4v) is 4.16. The fraction of sp³-hybridized carbons (Fsp3) is 0.0952. The van der Waals surface area contributed by atoms with Crippen LogP contribution in [0.2, 0.25) is 0 Å². The van der Waals surface area contributed by atoms with E-state index in [4.69, 9.17) is 5.21 Å². The van der Waals surface area contributed by atoms with Crippen molar-refractivity contribution in [3.63, 3.8) is 0 Å². The van der Waals surface area contributed by atoms with Crippen molar-refractivity contribution in [2.75, 3.05) is 4.72 Å². The summed E-state index contributed by atoms with van der Waals surface area (Å²) in [6.07, 6.45) is 0. The maximum absolute atomic E-state index is 12.4. The normalized spacial score (nSPS) is 12.2. The van der Waals surface area contributed by atoms with Crippen LogP contribution in [0.3, 0.4) is 0 Å². The summed E-state index contributed by atoms with van der Waals surface area (Å²) in [5, 5.41) is 9.08. The van der Waals surface area contributed by atoms with Gasteiger partial charge in [0.1, 0.15) is 0 Å². The fourth-order valence-electron chi connectivity index (χ4n) is 2.96. The highest BCUT2D eigenvalue weighted by Gasteiger charge is 2.22. The molecule has 7 heteroatoms. The van der Waals surface area contributed by atoms with Gasteiger partial charge in [-0.05, 0) is 28.8 Å². The Morgan fingerprint density at radius 2 is 1.36 bits per heavy atom. The van der Waals surface area contributed by atoms with E-state index in [1.165, 1.54) is 0 Å². The van der Waals surface area contributed by atoms with Gasteiger partial charge in [0.25, 0.3) is 5.91 Å². The predicted octanol–water partition coefficient (Wildman–Crippen LogP) is 3.27. The third kappa shape index (κ3) is 4.97. The molecule has 144 valence electrons. The highest BCUT2D eigenvalue weighted by Crippen LogP contribution is 2.26. The molecule has 3 N–H and O–H groups in total. The molecule has 1 unspecified atom stereocenters. The van der Waals surface area contributed by atoms with E-state index in [2.05, 4.69) is 4.72 Å². The second-order valence-electron chi connectivity index (χ2n) is 6.29. The highest BCUT2D eigenvalue weighted by atomic mass is 32.2. The SMILES string of the molecule is O=C(NO)C(c1ccccc1)c1ccc(NS(=O)(=O)Cc2ccccc2)cc1. The topological polar surface area (TPSA) is 95.5 Å². The van der Waals surface area contributed by atoms with E-state index < -0.39 is 21.8 Å². The zero-order valence-electron chi connectivity index (χ0n) is 14.9. The molecule has 0 aliphatic carbocycles. The van der Waals surface area contributed by atoms with E-state index in [1.807, 2.05) is 12.1 Å². The molecule has 0 aromatic heterocycles. The van der Waals surface area contributed by atoms with Gasteiger partial charge in [0, 0.05) is 5.69 Å². The predicted molar refractivity (Wildman–Crippen MR) is 107 cm³/mol. The lowest BCUT2D eigenvalue weighted by Crippen LogP contribution is -2.27. The molecule has 3 rings (SSSR count). The maximum Gasteiger partial charge on any atom is 0.255 e. The van der Waals surface area contributed by atoms with Gasteiger partial charge in [-0.15, -0.1) is 0 Å². The van der Waals surface area contributed by atoms with Gasteiger partial charge < -0.3 is 0 Å². The molecule has 0 aliphatic rings. The van der Waals surface area contributed by atoms with E-state index in [9.17, 15) is 13.2 Å². The molecule has 0 aliphatic heterocycles. The average Bonchev–Trinajstić information content (AvgIpc) is 2.70. The standard InChI is InChI=1S/C21H20N2O4S/c24-21(22-25)20(17-9-5-2-6-10-17)18-11-13-19(14-12-18)23-28(26,27)15-16-7-3-1-4-8-16/h1-14,20,23,25H,15H2,(H,22,24). The number of nitrogens with one attached hydrogen (secondary N) is 2. The summed E-state index contributed by atoms with van der Waals surface area (Å²) in [4.78, 5) is 12.2. The summed E-state index contributed by atoms with van der Waals surface area (Å²) in [5.74, 6) is -1.40. The number of amides is 1. The summed E-state index contributed by atoms with van der Waals surface area (Å²) in [6.45, 7) is 0. The summed E-state index contributed by atoms with van der Waals surface area (Å²) >= 11 is 0. The first-order valence-corrected chi connectivity index (χ1v) is 10.3. The van der Waals surface area contributed by atoms with Crippen molar-refractivity contribution in [3.8, 4) is 0 Å². The van der Waals surface area contributed by atoms with Crippen molar-refractivity contribution < 1.29 is 18.4 Å². The van der Waals surface area contributed by atoms with Crippen molar-refractivity contribution in [2.45, 2.75) is 11.7 Å². The first-order valence-electron chi connectivity index (χ1n) is 8.62. The second kappa shape index (κ2) is 8.69. The van der Waals surface area contributed by atoms with Crippen LogP contribution in [0.15, 0.2) is 84.9 Å². The number of hydrogen-bond acceptors (Lipinski definition) is 4. The molecule has 0 fully saturated rings. The number of anilines is 1. The van der Waals surface area contributed by atoms with Crippen LogP contribution in [0.1, 0.15) is 22.6 Å². The van der Waals surface area contributed by atoms with Crippen molar-refractivity contribution in [1.82, 2.24) is 5.48 Å². The summed E-state index contributed by atoms with van der Waals surface area (Å²) < 4.78 is 27.2. The molecule has 0 spiro atoms. The summed E-state index contributed by atoms with van der Waals surface area (Å²) in [5.41, 5.74) is 4.12. The van der Waals surface area contributed by atoms with E-state index in [-0.39, 0.29) is 5.75 Å². The lowest BCUT2D eigenvalue weighted by Gasteiger charge is -2.16. The number of sulfonamides is 1. The molecule has 0 heterocycles. The zero-order valence-corrected chi connectivity index (χ0v) is 15.8. The first kappa shape index (κ1) is 19.6. The van der Waals surface area contributed by atoms with Crippen LogP contribution in [-0.4, -0.2) is 19.5 Å². The molecule has 0 saturated carbocycles. The molecule has 1 atom stereocenters. The summed E-state index contributed by atoms with van der Waals surface area (Å²) in [7, 11) is -3.56. The monoisotopic (exact) mass is 396 g/mol. The number of carbonyl (C=O) groups is 1. The van der Waals surface area contributed by atoms with Crippen LogP contribution in [0.25, 0.3) is 0 Å². The van der Waals surface area contributed by atoms with Gasteiger partial charge in [0.15, 0.2) is 0 Å². The Morgan fingerprint density at radius 3 is 1.93 bits per heavy atom. The summed E-state index contributed by atoms with van der Waals surface area (Å²) in [6, 6.07) is 24.4. The second-order valence-corrected chi connectivity index (χ2v) is 8.01. The van der Waals surface area contributed by atoms with Crippen molar-refractivity contribution in [3.05, 3.63) is 102 Å². The number of rotatable bonds is 7. The van der Waals surface area contributed by atoms with Crippen LogP contribution >= 0.6 is 0 Å². The number of benzene rings is 3. The van der Waals surface area contributed by atoms with Crippen LogP contribution in [0, 0.1) is 0 Å². The van der Waals surface area contributed by atoms with E-state index >= 15 is 0 Å². The largest absolute Gasteiger partial charge is 0.289 e. The third-order valence-corrected chi connectivity index (χ3v) is 5.48. The Labute approximate surface area is 163 Å². The molecule has 3 aromatic carbocycles. The minimum atomic E-state index is -3.56. The molecule has 1 amide bonds. The van der Waals surface area contributed by atoms with E-state index in [0.29, 0.717) is 22.4 Å². The van der Waals surface area contributed by atoms with Gasteiger partial charge in [0.05, 0.1) is 11.7 Å². The van der Waals surface area contributed by atoms with Crippen molar-refractivity contribution >= 4 is 21.6 Å².